The third-order valence-electron chi connectivity index (χ3n) is 4.87. The summed E-state index contributed by atoms with van der Waals surface area (Å²) in [5.74, 6) is -0.221. The molecule has 0 aliphatic carbocycles. The average molecular weight is 359 g/mol. The van der Waals surface area contributed by atoms with Gasteiger partial charge in [0.2, 0.25) is 5.91 Å². The number of nitrogens with zero attached hydrogens (tertiary/aromatic N) is 2. The standard InChI is InChI=1S/C22H21N3O2/c26-21(25-15-5-8-17-7-2-4-10-20(17)25)13-14-23-22(27)19-12-11-16-6-1-3-9-18(16)24-19/h1-4,6-7,9-12H,5,8,13-15H2,(H,23,27). The molecule has 0 saturated heterocycles. The lowest BCUT2D eigenvalue weighted by atomic mass is 10.0. The Kier molecular flexibility index (Phi) is 4.83. The summed E-state index contributed by atoms with van der Waals surface area (Å²) in [6.07, 6.45) is 2.24. The second-order valence-electron chi connectivity index (χ2n) is 6.67. The third kappa shape index (κ3) is 3.67. The summed E-state index contributed by atoms with van der Waals surface area (Å²) >= 11 is 0. The van der Waals surface area contributed by atoms with E-state index in [4.69, 9.17) is 0 Å². The number of hydrogen-bond acceptors (Lipinski definition) is 3. The highest BCUT2D eigenvalue weighted by atomic mass is 16.2. The van der Waals surface area contributed by atoms with Crippen molar-refractivity contribution in [1.29, 1.82) is 0 Å². The van der Waals surface area contributed by atoms with Crippen LogP contribution in [0, 0.1) is 0 Å². The van der Waals surface area contributed by atoms with Gasteiger partial charge in [0.1, 0.15) is 5.69 Å². The van der Waals surface area contributed by atoms with E-state index in [1.807, 2.05) is 53.4 Å². The molecule has 0 atom stereocenters. The van der Waals surface area contributed by atoms with Crippen molar-refractivity contribution in [3.8, 4) is 0 Å². The molecule has 2 aromatic carbocycles. The van der Waals surface area contributed by atoms with Crippen LogP contribution in [0.15, 0.2) is 60.7 Å². The van der Waals surface area contributed by atoms with E-state index in [2.05, 4.69) is 16.4 Å². The maximum Gasteiger partial charge on any atom is 0.269 e. The molecule has 0 unspecified atom stereocenters. The van der Waals surface area contributed by atoms with Crippen molar-refractivity contribution >= 4 is 28.4 Å². The van der Waals surface area contributed by atoms with Crippen molar-refractivity contribution in [2.24, 2.45) is 0 Å². The molecule has 1 aliphatic heterocycles. The fraction of sp³-hybridized carbons (Fsp3) is 0.227. The number of fused-ring (bicyclic) bond motifs is 2. The van der Waals surface area contributed by atoms with Crippen molar-refractivity contribution in [1.82, 2.24) is 10.3 Å². The van der Waals surface area contributed by atoms with E-state index in [-0.39, 0.29) is 18.2 Å². The van der Waals surface area contributed by atoms with Gasteiger partial charge in [0.05, 0.1) is 5.52 Å². The largest absolute Gasteiger partial charge is 0.350 e. The number of anilines is 1. The smallest absolute Gasteiger partial charge is 0.269 e. The Bertz CT molecular complexity index is 1000. The number of carbonyl (C=O) groups is 2. The molecule has 0 bridgehead atoms. The van der Waals surface area contributed by atoms with E-state index in [1.165, 1.54) is 5.56 Å². The fourth-order valence-corrected chi connectivity index (χ4v) is 3.49. The molecule has 3 aromatic rings. The van der Waals surface area contributed by atoms with Gasteiger partial charge in [0, 0.05) is 30.6 Å². The summed E-state index contributed by atoms with van der Waals surface area (Å²) in [5, 5.41) is 3.80. The number of amides is 2. The van der Waals surface area contributed by atoms with Crippen LogP contribution in [0.1, 0.15) is 28.9 Å². The summed E-state index contributed by atoms with van der Waals surface area (Å²) in [5.41, 5.74) is 3.35. The lowest BCUT2D eigenvalue weighted by Crippen LogP contribution is -2.37. The first kappa shape index (κ1) is 17.2. The van der Waals surface area contributed by atoms with Crippen LogP contribution in [-0.2, 0) is 11.2 Å². The Labute approximate surface area is 158 Å². The van der Waals surface area contributed by atoms with Gasteiger partial charge in [0.15, 0.2) is 0 Å². The zero-order valence-corrected chi connectivity index (χ0v) is 15.0. The molecule has 27 heavy (non-hydrogen) atoms. The molecular formula is C22H21N3O2. The monoisotopic (exact) mass is 359 g/mol. The van der Waals surface area contributed by atoms with Crippen LogP contribution in [0.2, 0.25) is 0 Å². The molecule has 0 saturated carbocycles. The quantitative estimate of drug-likeness (QED) is 0.777. The van der Waals surface area contributed by atoms with Crippen LogP contribution in [0.3, 0.4) is 0 Å². The summed E-state index contributed by atoms with van der Waals surface area (Å²) < 4.78 is 0. The normalized spacial score (nSPS) is 13.3. The first-order valence-electron chi connectivity index (χ1n) is 9.24. The van der Waals surface area contributed by atoms with E-state index < -0.39 is 0 Å². The van der Waals surface area contributed by atoms with Crippen molar-refractivity contribution in [2.45, 2.75) is 19.3 Å². The lowest BCUT2D eigenvalue weighted by Gasteiger charge is -2.29. The Hall–Kier alpha value is -3.21. The van der Waals surface area contributed by atoms with E-state index in [9.17, 15) is 9.59 Å². The first-order chi connectivity index (χ1) is 13.2. The molecule has 2 heterocycles. The maximum atomic E-state index is 12.6. The maximum absolute atomic E-state index is 12.6. The van der Waals surface area contributed by atoms with Crippen molar-refractivity contribution in [2.75, 3.05) is 18.0 Å². The number of para-hydroxylation sites is 2. The van der Waals surface area contributed by atoms with Crippen LogP contribution in [0.5, 0.6) is 0 Å². The number of aryl methyl sites for hydroxylation is 1. The van der Waals surface area contributed by atoms with Gasteiger partial charge in [-0.2, -0.15) is 0 Å². The van der Waals surface area contributed by atoms with Gasteiger partial charge in [0.25, 0.3) is 5.91 Å². The van der Waals surface area contributed by atoms with Crippen LogP contribution in [0.4, 0.5) is 5.69 Å². The summed E-state index contributed by atoms with van der Waals surface area (Å²) in [6, 6.07) is 19.3. The van der Waals surface area contributed by atoms with Gasteiger partial charge in [-0.3, -0.25) is 9.59 Å². The minimum Gasteiger partial charge on any atom is -0.350 e. The Balaban J connectivity index is 1.36. The van der Waals surface area contributed by atoms with Gasteiger partial charge < -0.3 is 10.2 Å². The Morgan fingerprint density at radius 1 is 1.00 bits per heavy atom. The minimum absolute atomic E-state index is 0.0360. The molecule has 136 valence electrons. The zero-order chi connectivity index (χ0) is 18.6. The molecule has 1 aromatic heterocycles. The minimum atomic E-state index is -0.257. The highest BCUT2D eigenvalue weighted by molar-refractivity contribution is 5.97. The van der Waals surface area contributed by atoms with Crippen molar-refractivity contribution in [3.05, 3.63) is 71.9 Å². The first-order valence-corrected chi connectivity index (χ1v) is 9.24. The summed E-state index contributed by atoms with van der Waals surface area (Å²) in [6.45, 7) is 1.03. The number of hydrogen-bond donors (Lipinski definition) is 1. The van der Waals surface area contributed by atoms with Crippen LogP contribution in [-0.4, -0.2) is 29.9 Å². The molecule has 2 amide bonds. The van der Waals surface area contributed by atoms with Gasteiger partial charge in [-0.15, -0.1) is 0 Å². The number of benzene rings is 2. The van der Waals surface area contributed by atoms with E-state index in [0.29, 0.717) is 12.2 Å². The number of carbonyl (C=O) groups excluding carboxylic acids is 2. The Morgan fingerprint density at radius 3 is 2.74 bits per heavy atom. The van der Waals surface area contributed by atoms with E-state index >= 15 is 0 Å². The topological polar surface area (TPSA) is 62.3 Å². The van der Waals surface area contributed by atoms with Crippen molar-refractivity contribution in [3.63, 3.8) is 0 Å². The average Bonchev–Trinajstić information content (AvgIpc) is 2.72. The van der Waals surface area contributed by atoms with Gasteiger partial charge in [-0.25, -0.2) is 4.98 Å². The molecule has 0 spiro atoms. The summed E-state index contributed by atoms with van der Waals surface area (Å²) in [7, 11) is 0. The molecule has 5 heteroatoms. The highest BCUT2D eigenvalue weighted by Gasteiger charge is 2.21. The number of aromatic nitrogens is 1. The third-order valence-corrected chi connectivity index (χ3v) is 4.87. The van der Waals surface area contributed by atoms with Crippen molar-refractivity contribution < 1.29 is 9.59 Å². The molecule has 4 rings (SSSR count). The van der Waals surface area contributed by atoms with E-state index in [1.54, 1.807) is 6.07 Å². The fourth-order valence-electron chi connectivity index (χ4n) is 3.49. The van der Waals surface area contributed by atoms with Crippen LogP contribution in [0.25, 0.3) is 10.9 Å². The molecule has 0 radical (unpaired) electrons. The van der Waals surface area contributed by atoms with Gasteiger partial charge in [-0.05, 0) is 36.6 Å². The molecule has 1 N–H and O–H groups in total. The highest BCUT2D eigenvalue weighted by Crippen LogP contribution is 2.27. The molecule has 0 fully saturated rings. The van der Waals surface area contributed by atoms with E-state index in [0.717, 1.165) is 36.0 Å². The number of nitrogens with one attached hydrogen (secondary N) is 1. The second kappa shape index (κ2) is 7.58. The SMILES string of the molecule is O=C(NCCC(=O)N1CCCc2ccccc21)c1ccc2ccccc2n1. The van der Waals surface area contributed by atoms with Crippen LogP contribution >= 0.6 is 0 Å². The predicted octanol–water partition coefficient (Wildman–Crippen LogP) is 3.33. The number of pyridine rings is 1. The van der Waals surface area contributed by atoms with Gasteiger partial charge in [-0.1, -0.05) is 42.5 Å². The predicted molar refractivity (Wildman–Crippen MR) is 106 cm³/mol. The molecule has 1 aliphatic rings. The zero-order valence-electron chi connectivity index (χ0n) is 15.0. The Morgan fingerprint density at radius 2 is 1.81 bits per heavy atom. The lowest BCUT2D eigenvalue weighted by molar-refractivity contribution is -0.118. The summed E-state index contributed by atoms with van der Waals surface area (Å²) in [4.78, 5) is 31.2. The number of rotatable bonds is 4. The molecule has 5 nitrogen and oxygen atoms in total. The van der Waals surface area contributed by atoms with Crippen LogP contribution < -0.4 is 10.2 Å². The molecular weight excluding hydrogens is 338 g/mol. The van der Waals surface area contributed by atoms with Gasteiger partial charge >= 0.3 is 0 Å². The second-order valence-corrected chi connectivity index (χ2v) is 6.67.